The van der Waals surface area contributed by atoms with Crippen LogP contribution in [0, 0.1) is 0 Å². The smallest absolute Gasteiger partial charge is 0.262 e. The highest BCUT2D eigenvalue weighted by Crippen LogP contribution is 2.28. The minimum atomic E-state index is -0.315. The second-order valence-electron chi connectivity index (χ2n) is 5.56. The molecule has 1 heterocycles. The fraction of sp³-hybridized carbons (Fsp3) is 0.167. The zero-order chi connectivity index (χ0) is 18.5. The second-order valence-corrected chi connectivity index (χ2v) is 5.56. The number of amides is 3. The molecule has 0 spiro atoms. The largest absolute Gasteiger partial charge is 0.482 e. The minimum Gasteiger partial charge on any atom is -0.482 e. The lowest BCUT2D eigenvalue weighted by Gasteiger charge is -2.18. The molecule has 3 amide bonds. The van der Waals surface area contributed by atoms with E-state index in [-0.39, 0.29) is 30.9 Å². The van der Waals surface area contributed by atoms with Crippen LogP contribution in [0.15, 0.2) is 42.5 Å². The van der Waals surface area contributed by atoms with E-state index in [2.05, 4.69) is 16.0 Å². The molecule has 0 saturated carbocycles. The van der Waals surface area contributed by atoms with Gasteiger partial charge in [0.25, 0.3) is 11.8 Å². The third-order valence-electron chi connectivity index (χ3n) is 3.58. The monoisotopic (exact) mass is 355 g/mol. The summed E-state index contributed by atoms with van der Waals surface area (Å²) in [5, 5.41) is 8.09. The summed E-state index contributed by atoms with van der Waals surface area (Å²) in [5.41, 5.74) is 2.11. The SMILES string of the molecule is COCC(=O)Nc1ccc(NC(=O)c2ccc3c(c2)OCC(=O)N3)cc1. The van der Waals surface area contributed by atoms with Gasteiger partial charge >= 0.3 is 0 Å². The van der Waals surface area contributed by atoms with Crippen LogP contribution in [-0.4, -0.2) is 38.0 Å². The molecule has 1 aliphatic heterocycles. The minimum absolute atomic E-state index is 0.0284. The number of nitrogens with one attached hydrogen (secondary N) is 3. The van der Waals surface area contributed by atoms with Gasteiger partial charge in [-0.25, -0.2) is 0 Å². The molecule has 0 bridgehead atoms. The molecule has 0 saturated heterocycles. The summed E-state index contributed by atoms with van der Waals surface area (Å²) < 4.78 is 10.1. The van der Waals surface area contributed by atoms with Crippen molar-refractivity contribution in [2.75, 3.05) is 36.3 Å². The quantitative estimate of drug-likeness (QED) is 0.759. The Morgan fingerprint density at radius 3 is 2.50 bits per heavy atom. The summed E-state index contributed by atoms with van der Waals surface area (Å²) in [4.78, 5) is 35.1. The summed E-state index contributed by atoms with van der Waals surface area (Å²) in [7, 11) is 1.44. The molecule has 8 nitrogen and oxygen atoms in total. The number of carbonyl (C=O) groups excluding carboxylic acids is 3. The first-order valence-electron chi connectivity index (χ1n) is 7.82. The number of hydrogen-bond acceptors (Lipinski definition) is 5. The maximum absolute atomic E-state index is 12.4. The number of methoxy groups -OCH3 is 1. The third kappa shape index (κ3) is 4.17. The zero-order valence-corrected chi connectivity index (χ0v) is 14.0. The maximum atomic E-state index is 12.4. The van der Waals surface area contributed by atoms with Crippen LogP contribution in [0.5, 0.6) is 5.75 Å². The predicted octanol–water partition coefficient (Wildman–Crippen LogP) is 1.85. The first-order chi connectivity index (χ1) is 12.5. The molecule has 2 aromatic rings. The van der Waals surface area contributed by atoms with Gasteiger partial charge in [-0.1, -0.05) is 0 Å². The Morgan fingerprint density at radius 2 is 1.81 bits per heavy atom. The Hall–Kier alpha value is -3.39. The molecular weight excluding hydrogens is 338 g/mol. The molecule has 3 N–H and O–H groups in total. The van der Waals surface area contributed by atoms with Gasteiger partial charge in [-0.15, -0.1) is 0 Å². The van der Waals surface area contributed by atoms with Gasteiger partial charge in [-0.2, -0.15) is 0 Å². The Morgan fingerprint density at radius 1 is 1.12 bits per heavy atom. The lowest BCUT2D eigenvalue weighted by atomic mass is 10.1. The van der Waals surface area contributed by atoms with Gasteiger partial charge in [0.05, 0.1) is 5.69 Å². The molecule has 8 heteroatoms. The van der Waals surface area contributed by atoms with Crippen LogP contribution in [0.4, 0.5) is 17.1 Å². The number of anilines is 3. The predicted molar refractivity (Wildman–Crippen MR) is 95.5 cm³/mol. The van der Waals surface area contributed by atoms with Crippen LogP contribution in [0.3, 0.4) is 0 Å². The van der Waals surface area contributed by atoms with E-state index in [0.717, 1.165) is 0 Å². The van der Waals surface area contributed by atoms with Gasteiger partial charge in [0.2, 0.25) is 5.91 Å². The molecule has 0 aliphatic carbocycles. The van der Waals surface area contributed by atoms with Crippen molar-refractivity contribution in [1.29, 1.82) is 0 Å². The summed E-state index contributed by atoms with van der Waals surface area (Å²) >= 11 is 0. The molecule has 2 aromatic carbocycles. The fourth-order valence-electron chi connectivity index (χ4n) is 2.38. The van der Waals surface area contributed by atoms with Gasteiger partial charge in [0.15, 0.2) is 6.61 Å². The first-order valence-corrected chi connectivity index (χ1v) is 7.82. The van der Waals surface area contributed by atoms with Crippen LogP contribution >= 0.6 is 0 Å². The summed E-state index contributed by atoms with van der Waals surface area (Å²) in [6.07, 6.45) is 0. The average Bonchev–Trinajstić information content (AvgIpc) is 2.63. The van der Waals surface area contributed by atoms with Crippen LogP contribution in [-0.2, 0) is 14.3 Å². The van der Waals surface area contributed by atoms with Crippen LogP contribution in [0.25, 0.3) is 0 Å². The Kier molecular flexibility index (Phi) is 5.14. The summed E-state index contributed by atoms with van der Waals surface area (Å²) in [6, 6.07) is 11.5. The van der Waals surface area contributed by atoms with E-state index < -0.39 is 0 Å². The maximum Gasteiger partial charge on any atom is 0.262 e. The van der Waals surface area contributed by atoms with E-state index in [4.69, 9.17) is 9.47 Å². The van der Waals surface area contributed by atoms with Crippen molar-refractivity contribution in [2.24, 2.45) is 0 Å². The zero-order valence-electron chi connectivity index (χ0n) is 14.0. The Bertz CT molecular complexity index is 848. The molecule has 1 aliphatic rings. The molecule has 0 fully saturated rings. The topological polar surface area (TPSA) is 106 Å². The number of rotatable bonds is 5. The Balaban J connectivity index is 1.64. The van der Waals surface area contributed by atoms with Crippen LogP contribution < -0.4 is 20.7 Å². The number of hydrogen-bond donors (Lipinski definition) is 3. The van der Waals surface area contributed by atoms with Crippen molar-refractivity contribution < 1.29 is 23.9 Å². The number of ether oxygens (including phenoxy) is 2. The van der Waals surface area contributed by atoms with Gasteiger partial charge < -0.3 is 25.4 Å². The summed E-state index contributed by atoms with van der Waals surface area (Å²) in [5.74, 6) is -0.351. The molecule has 3 rings (SSSR count). The molecule has 0 atom stereocenters. The lowest BCUT2D eigenvalue weighted by molar-refractivity contribution is -0.120. The van der Waals surface area contributed by atoms with E-state index in [0.29, 0.717) is 28.4 Å². The highest BCUT2D eigenvalue weighted by molar-refractivity contribution is 6.05. The van der Waals surface area contributed by atoms with Crippen molar-refractivity contribution in [3.63, 3.8) is 0 Å². The standard InChI is InChI=1S/C18H17N3O5/c1-25-9-16(22)19-12-3-5-13(6-4-12)20-18(24)11-2-7-14-15(8-11)26-10-17(23)21-14/h2-8H,9-10H2,1H3,(H,19,22)(H,20,24)(H,21,23). The fourth-order valence-corrected chi connectivity index (χ4v) is 2.38. The average molecular weight is 355 g/mol. The van der Waals surface area contributed by atoms with E-state index in [1.165, 1.54) is 7.11 Å². The lowest BCUT2D eigenvalue weighted by Crippen LogP contribution is -2.25. The highest BCUT2D eigenvalue weighted by Gasteiger charge is 2.18. The first kappa shape index (κ1) is 17.4. The van der Waals surface area contributed by atoms with Crippen molar-refractivity contribution >= 4 is 34.8 Å². The van der Waals surface area contributed by atoms with Gasteiger partial charge in [0.1, 0.15) is 12.4 Å². The number of fused-ring (bicyclic) bond motifs is 1. The van der Waals surface area contributed by atoms with Crippen LogP contribution in [0.2, 0.25) is 0 Å². The normalized spacial score (nSPS) is 12.4. The molecule has 0 unspecified atom stereocenters. The summed E-state index contributed by atoms with van der Waals surface area (Å²) in [6.45, 7) is -0.104. The van der Waals surface area contributed by atoms with Gasteiger partial charge in [-0.05, 0) is 42.5 Å². The van der Waals surface area contributed by atoms with E-state index in [1.807, 2.05) is 0 Å². The van der Waals surface area contributed by atoms with Crippen molar-refractivity contribution in [3.8, 4) is 5.75 Å². The molecule has 26 heavy (non-hydrogen) atoms. The number of carbonyl (C=O) groups is 3. The van der Waals surface area contributed by atoms with Crippen LogP contribution in [0.1, 0.15) is 10.4 Å². The molecule has 0 radical (unpaired) electrons. The number of benzene rings is 2. The van der Waals surface area contributed by atoms with Gasteiger partial charge in [0, 0.05) is 24.0 Å². The second kappa shape index (κ2) is 7.66. The third-order valence-corrected chi connectivity index (χ3v) is 3.58. The molecule has 0 aromatic heterocycles. The molecule has 134 valence electrons. The Labute approximate surface area is 149 Å². The molecular formula is C18H17N3O5. The van der Waals surface area contributed by atoms with Gasteiger partial charge in [-0.3, -0.25) is 14.4 Å². The van der Waals surface area contributed by atoms with Crippen molar-refractivity contribution in [1.82, 2.24) is 0 Å². The van der Waals surface area contributed by atoms with E-state index in [9.17, 15) is 14.4 Å². The van der Waals surface area contributed by atoms with Crippen molar-refractivity contribution in [3.05, 3.63) is 48.0 Å². The van der Waals surface area contributed by atoms with E-state index >= 15 is 0 Å². The van der Waals surface area contributed by atoms with E-state index in [1.54, 1.807) is 42.5 Å². The van der Waals surface area contributed by atoms with Crippen molar-refractivity contribution in [2.45, 2.75) is 0 Å². The highest BCUT2D eigenvalue weighted by atomic mass is 16.5.